The van der Waals surface area contributed by atoms with E-state index in [1.54, 1.807) is 37.2 Å². The number of rotatable bonds is 4. The molecule has 2 aromatic carbocycles. The molecule has 0 aliphatic heterocycles. The molecule has 234 valence electrons. The maximum atomic E-state index is 9.75. The van der Waals surface area contributed by atoms with Gasteiger partial charge in [0.2, 0.25) is 0 Å². The summed E-state index contributed by atoms with van der Waals surface area (Å²) in [5, 5.41) is 15.7. The number of halogens is 8. The number of para-hydroxylation sites is 2. The molecule has 0 bridgehead atoms. The summed E-state index contributed by atoms with van der Waals surface area (Å²) >= 11 is 0. The molecule has 8 nitrogen and oxygen atoms in total. The van der Waals surface area contributed by atoms with Gasteiger partial charge in [0, 0.05) is 35.6 Å². The number of aromatic amines is 2. The van der Waals surface area contributed by atoms with Gasteiger partial charge in [-0.05, 0) is 36.4 Å². The first-order valence-electron chi connectivity index (χ1n) is 12.4. The van der Waals surface area contributed by atoms with Gasteiger partial charge in [-0.15, -0.1) is 0 Å². The Balaban J connectivity index is 0.000000239. The van der Waals surface area contributed by atoms with Crippen LogP contribution in [0.3, 0.4) is 0 Å². The van der Waals surface area contributed by atoms with Crippen LogP contribution < -0.4 is 0 Å². The molecule has 0 aliphatic carbocycles. The fourth-order valence-electron chi connectivity index (χ4n) is 3.34. The molecule has 4 aromatic heterocycles. The summed E-state index contributed by atoms with van der Waals surface area (Å²) in [6, 6.07) is 23.5. The number of fused-ring (bicyclic) bond motifs is 2. The van der Waals surface area contributed by atoms with Gasteiger partial charge in [-0.25, -0.2) is 0 Å². The van der Waals surface area contributed by atoms with Crippen LogP contribution in [0.1, 0.15) is 11.4 Å². The summed E-state index contributed by atoms with van der Waals surface area (Å²) in [5.74, 6) is 0. The third-order valence-electron chi connectivity index (χ3n) is 4.94. The standard InChI is InChI=1S/2C13H10N4.2BF4.Fe/c2*1-3-10-4-2-7-14-13(10)12(5-1)15-9-11-6-8-16-17-11;2*2-1(3,4)5;/h2*1-9H,(H,16,17);;;/q;;2*-1;+2. The van der Waals surface area contributed by atoms with Gasteiger partial charge in [0.25, 0.3) is 0 Å². The van der Waals surface area contributed by atoms with Gasteiger partial charge in [-0.2, -0.15) is 10.2 Å². The molecule has 0 spiro atoms. The monoisotopic (exact) mass is 674 g/mol. The average molecular weight is 674 g/mol. The van der Waals surface area contributed by atoms with E-state index in [4.69, 9.17) is 0 Å². The number of nitrogens with zero attached hydrogens (tertiary/aromatic N) is 6. The molecule has 6 aromatic rings. The van der Waals surface area contributed by atoms with Gasteiger partial charge in [-0.3, -0.25) is 30.2 Å². The molecule has 0 unspecified atom stereocenters. The van der Waals surface area contributed by atoms with Crippen LogP contribution in [0.15, 0.2) is 108 Å². The number of H-pyrrole nitrogens is 2. The smallest absolute Gasteiger partial charge is 0.418 e. The third-order valence-corrected chi connectivity index (χ3v) is 4.94. The fourth-order valence-corrected chi connectivity index (χ4v) is 3.34. The Kier molecular flexibility index (Phi) is 14.0. The third kappa shape index (κ3) is 14.4. The van der Waals surface area contributed by atoms with E-state index in [0.717, 1.165) is 44.6 Å². The van der Waals surface area contributed by atoms with E-state index in [1.807, 2.05) is 72.8 Å². The van der Waals surface area contributed by atoms with E-state index in [2.05, 4.69) is 40.3 Å². The van der Waals surface area contributed by atoms with E-state index in [0.29, 0.717) is 0 Å². The zero-order valence-corrected chi connectivity index (χ0v) is 23.7. The van der Waals surface area contributed by atoms with Crippen molar-refractivity contribution >= 4 is 60.1 Å². The van der Waals surface area contributed by atoms with Crippen LogP contribution in [0.4, 0.5) is 45.9 Å². The molecule has 45 heavy (non-hydrogen) atoms. The quantitative estimate of drug-likeness (QED) is 0.112. The summed E-state index contributed by atoms with van der Waals surface area (Å²) in [7, 11) is -12.0. The number of aliphatic imine (C=N–C) groups is 2. The van der Waals surface area contributed by atoms with Crippen LogP contribution in [0.5, 0.6) is 0 Å². The molecule has 2 N–H and O–H groups in total. The summed E-state index contributed by atoms with van der Waals surface area (Å²) in [6.45, 7) is 0. The van der Waals surface area contributed by atoms with Crippen molar-refractivity contribution in [3.63, 3.8) is 0 Å². The molecule has 6 rings (SSSR count). The molecule has 0 saturated heterocycles. The molecule has 4 heterocycles. The number of pyridine rings is 2. The first kappa shape index (κ1) is 36.3. The van der Waals surface area contributed by atoms with Gasteiger partial charge >= 0.3 is 31.6 Å². The summed E-state index contributed by atoms with van der Waals surface area (Å²) in [4.78, 5) is 17.5. The molecule has 0 aliphatic rings. The van der Waals surface area contributed by atoms with Crippen molar-refractivity contribution in [3.8, 4) is 0 Å². The average Bonchev–Trinajstić information content (AvgIpc) is 3.68. The van der Waals surface area contributed by atoms with Crippen LogP contribution in [-0.2, 0) is 17.1 Å². The molecule has 0 atom stereocenters. The topological polar surface area (TPSA) is 108 Å². The van der Waals surface area contributed by atoms with Crippen LogP contribution in [0, 0.1) is 0 Å². The first-order chi connectivity index (χ1) is 20.9. The van der Waals surface area contributed by atoms with E-state index in [1.165, 1.54) is 0 Å². The molecule has 0 amide bonds. The Hall–Kier alpha value is -4.89. The second-order valence-corrected chi connectivity index (χ2v) is 8.21. The van der Waals surface area contributed by atoms with E-state index in [-0.39, 0.29) is 17.1 Å². The van der Waals surface area contributed by atoms with Gasteiger partial charge in [0.1, 0.15) is 11.4 Å². The Morgan fingerprint density at radius 1 is 0.533 bits per heavy atom. The van der Waals surface area contributed by atoms with Crippen molar-refractivity contribution < 1.29 is 51.6 Å². The van der Waals surface area contributed by atoms with Crippen molar-refractivity contribution in [1.29, 1.82) is 0 Å². The Morgan fingerprint density at radius 3 is 1.22 bits per heavy atom. The Bertz CT molecular complexity index is 1630. The molecular formula is C26H20B2F8FeN8. The summed E-state index contributed by atoms with van der Waals surface area (Å²) in [5.41, 5.74) is 5.12. The Morgan fingerprint density at radius 2 is 0.889 bits per heavy atom. The predicted molar refractivity (Wildman–Crippen MR) is 156 cm³/mol. The number of nitrogens with one attached hydrogen (secondary N) is 2. The predicted octanol–water partition coefficient (Wildman–Crippen LogP) is 8.01. The van der Waals surface area contributed by atoms with Gasteiger partial charge in [-0.1, -0.05) is 36.4 Å². The number of aromatic nitrogens is 6. The maximum absolute atomic E-state index is 9.75. The number of hydrogen-bond donors (Lipinski definition) is 2. The van der Waals surface area contributed by atoms with E-state index >= 15 is 0 Å². The molecule has 0 saturated carbocycles. The first-order valence-corrected chi connectivity index (χ1v) is 12.4. The van der Waals surface area contributed by atoms with E-state index in [9.17, 15) is 34.5 Å². The second kappa shape index (κ2) is 17.4. The molecule has 0 fully saturated rings. The van der Waals surface area contributed by atoms with Gasteiger partial charge < -0.3 is 34.5 Å². The summed E-state index contributed by atoms with van der Waals surface area (Å²) < 4.78 is 78.0. The molecule has 0 radical (unpaired) electrons. The minimum atomic E-state index is -6.00. The van der Waals surface area contributed by atoms with Crippen LogP contribution in [0.2, 0.25) is 0 Å². The largest absolute Gasteiger partial charge is 2.00 e. The number of benzene rings is 2. The van der Waals surface area contributed by atoms with Crippen LogP contribution in [0.25, 0.3) is 21.8 Å². The van der Waals surface area contributed by atoms with Crippen LogP contribution >= 0.6 is 0 Å². The van der Waals surface area contributed by atoms with Crippen molar-refractivity contribution in [3.05, 3.63) is 109 Å². The van der Waals surface area contributed by atoms with E-state index < -0.39 is 14.5 Å². The maximum Gasteiger partial charge on any atom is 2.00 e. The Labute approximate surface area is 260 Å². The van der Waals surface area contributed by atoms with Crippen molar-refractivity contribution in [1.82, 2.24) is 30.4 Å². The van der Waals surface area contributed by atoms with Gasteiger partial charge in [0.15, 0.2) is 0 Å². The van der Waals surface area contributed by atoms with Gasteiger partial charge in [0.05, 0.1) is 34.8 Å². The van der Waals surface area contributed by atoms with Crippen molar-refractivity contribution in [2.24, 2.45) is 9.98 Å². The van der Waals surface area contributed by atoms with Crippen molar-refractivity contribution in [2.45, 2.75) is 0 Å². The normalized spacial score (nSPS) is 11.2. The zero-order valence-electron chi connectivity index (χ0n) is 22.6. The minimum Gasteiger partial charge on any atom is -0.418 e. The second-order valence-electron chi connectivity index (χ2n) is 8.21. The molecule has 19 heteroatoms. The minimum absolute atomic E-state index is 0. The van der Waals surface area contributed by atoms with Crippen LogP contribution in [-0.4, -0.2) is 57.3 Å². The summed E-state index contributed by atoms with van der Waals surface area (Å²) in [6.07, 6.45) is 10.5. The zero-order chi connectivity index (χ0) is 32.0. The number of hydrogen-bond acceptors (Lipinski definition) is 6. The SMILES string of the molecule is C(=Nc1cccc2cccnc12)c1cc[nH]n1.C(=Nc1cccc2cccnc12)c1cc[nH]n1.F[B-](F)(F)F.F[B-](F)(F)F.[Fe+2]. The molecular weight excluding hydrogens is 654 g/mol. The fraction of sp³-hybridized carbons (Fsp3) is 0. The van der Waals surface area contributed by atoms with Crippen molar-refractivity contribution in [2.75, 3.05) is 0 Å².